The summed E-state index contributed by atoms with van der Waals surface area (Å²) in [5.74, 6) is 0.738. The zero-order valence-corrected chi connectivity index (χ0v) is 12.1. The lowest BCUT2D eigenvalue weighted by atomic mass is 9.97. The Bertz CT molecular complexity index is 415. The largest absolute Gasteiger partial charge is 0.339 e. The molecular formula is C14H24N4O. The number of carbonyl (C=O) groups is 1. The molecule has 0 radical (unpaired) electrons. The number of hydrogen-bond donors (Lipinski definition) is 2. The summed E-state index contributed by atoms with van der Waals surface area (Å²) in [6, 6.07) is 0. The van der Waals surface area contributed by atoms with Crippen molar-refractivity contribution in [2.24, 2.45) is 5.92 Å². The van der Waals surface area contributed by atoms with Crippen molar-refractivity contribution in [2.45, 2.75) is 33.6 Å². The smallest absolute Gasteiger partial charge is 0.257 e. The van der Waals surface area contributed by atoms with Gasteiger partial charge in [0.15, 0.2) is 0 Å². The number of amides is 1. The van der Waals surface area contributed by atoms with Crippen LogP contribution < -0.4 is 5.32 Å². The highest BCUT2D eigenvalue weighted by molar-refractivity contribution is 5.96. The van der Waals surface area contributed by atoms with E-state index in [0.29, 0.717) is 5.92 Å². The van der Waals surface area contributed by atoms with Crippen LogP contribution in [0.5, 0.6) is 0 Å². The van der Waals surface area contributed by atoms with Crippen LogP contribution in [0.3, 0.4) is 0 Å². The number of H-pyrrole nitrogens is 1. The van der Waals surface area contributed by atoms with Gasteiger partial charge in [-0.05, 0) is 52.6 Å². The summed E-state index contributed by atoms with van der Waals surface area (Å²) in [7, 11) is 0. The number of nitrogens with zero attached hydrogens (tertiary/aromatic N) is 2. The molecule has 2 rings (SSSR count). The quantitative estimate of drug-likeness (QED) is 0.866. The van der Waals surface area contributed by atoms with E-state index in [0.717, 1.165) is 56.0 Å². The number of carbonyl (C=O) groups excluding carboxylic acids is 1. The lowest BCUT2D eigenvalue weighted by Crippen LogP contribution is -2.39. The third-order valence-electron chi connectivity index (χ3n) is 3.95. The minimum absolute atomic E-state index is 0.116. The average molecular weight is 264 g/mol. The van der Waals surface area contributed by atoms with Crippen molar-refractivity contribution in [3.63, 3.8) is 0 Å². The first kappa shape index (κ1) is 14.1. The Kier molecular flexibility index (Phi) is 4.58. The van der Waals surface area contributed by atoms with Gasteiger partial charge in [0, 0.05) is 18.8 Å². The van der Waals surface area contributed by atoms with E-state index in [1.165, 1.54) is 0 Å². The lowest BCUT2D eigenvalue weighted by molar-refractivity contribution is 0.0725. The van der Waals surface area contributed by atoms with Gasteiger partial charge in [-0.15, -0.1) is 0 Å². The molecule has 0 spiro atoms. The maximum absolute atomic E-state index is 12.6. The summed E-state index contributed by atoms with van der Waals surface area (Å²) in [6.45, 7) is 9.60. The Morgan fingerprint density at radius 3 is 2.58 bits per heavy atom. The number of hydrogen-bond acceptors (Lipinski definition) is 3. The van der Waals surface area contributed by atoms with Gasteiger partial charge in [-0.2, -0.15) is 5.10 Å². The molecule has 0 aromatic carbocycles. The molecule has 2 N–H and O–H groups in total. The van der Waals surface area contributed by atoms with Crippen molar-refractivity contribution >= 4 is 5.91 Å². The topological polar surface area (TPSA) is 61.0 Å². The van der Waals surface area contributed by atoms with Crippen molar-refractivity contribution < 1.29 is 4.79 Å². The van der Waals surface area contributed by atoms with Gasteiger partial charge in [-0.1, -0.05) is 0 Å². The number of aromatic amines is 1. The van der Waals surface area contributed by atoms with Crippen LogP contribution in [0.25, 0.3) is 0 Å². The van der Waals surface area contributed by atoms with Crippen LogP contribution in [0, 0.1) is 19.8 Å². The maximum atomic E-state index is 12.6. The molecule has 0 bridgehead atoms. The highest BCUT2D eigenvalue weighted by atomic mass is 16.2. The van der Waals surface area contributed by atoms with Crippen LogP contribution in [0.4, 0.5) is 0 Å². The van der Waals surface area contributed by atoms with Crippen LogP contribution in [0.1, 0.15) is 41.5 Å². The Morgan fingerprint density at radius 1 is 1.37 bits per heavy atom. The fourth-order valence-electron chi connectivity index (χ4n) is 2.76. The molecule has 0 unspecified atom stereocenters. The number of aromatic nitrogens is 2. The number of piperidine rings is 1. The van der Waals surface area contributed by atoms with Crippen LogP contribution in [0.15, 0.2) is 0 Å². The Morgan fingerprint density at radius 2 is 2.05 bits per heavy atom. The molecule has 1 aromatic rings. The lowest BCUT2D eigenvalue weighted by Gasteiger charge is -2.29. The van der Waals surface area contributed by atoms with E-state index in [-0.39, 0.29) is 5.91 Å². The highest BCUT2D eigenvalue weighted by Gasteiger charge is 2.24. The molecule has 1 aromatic heterocycles. The maximum Gasteiger partial charge on any atom is 0.257 e. The molecule has 106 valence electrons. The molecular weight excluding hydrogens is 240 g/mol. The normalized spacial score (nSPS) is 16.6. The average Bonchev–Trinajstić information content (AvgIpc) is 2.76. The second-order valence-electron chi connectivity index (χ2n) is 5.35. The Labute approximate surface area is 114 Å². The molecule has 1 aliphatic heterocycles. The molecule has 1 saturated heterocycles. The molecule has 0 saturated carbocycles. The fraction of sp³-hybridized carbons (Fsp3) is 0.714. The fourth-order valence-corrected chi connectivity index (χ4v) is 2.76. The molecule has 1 aliphatic rings. The zero-order valence-electron chi connectivity index (χ0n) is 12.1. The second kappa shape index (κ2) is 6.19. The number of nitrogens with one attached hydrogen (secondary N) is 2. The van der Waals surface area contributed by atoms with Gasteiger partial charge in [0.2, 0.25) is 0 Å². The van der Waals surface area contributed by atoms with E-state index in [2.05, 4.69) is 15.5 Å². The summed E-state index contributed by atoms with van der Waals surface area (Å²) >= 11 is 0. The van der Waals surface area contributed by atoms with Crippen LogP contribution in [-0.2, 0) is 0 Å². The molecule has 19 heavy (non-hydrogen) atoms. The monoisotopic (exact) mass is 264 g/mol. The summed E-state index contributed by atoms with van der Waals surface area (Å²) in [6.07, 6.45) is 2.32. The Hall–Kier alpha value is -1.36. The summed E-state index contributed by atoms with van der Waals surface area (Å²) in [5, 5.41) is 10.4. The molecule has 5 nitrogen and oxygen atoms in total. The number of aryl methyl sites for hydroxylation is 2. The van der Waals surface area contributed by atoms with Crippen molar-refractivity contribution in [1.29, 1.82) is 0 Å². The first-order chi connectivity index (χ1) is 9.13. The SMILES string of the molecule is CCN(CC1CCNCC1)C(=O)c1c(C)n[nH]c1C. The standard InChI is InChI=1S/C14H24N4O/c1-4-18(9-12-5-7-15-8-6-12)14(19)13-10(2)16-17-11(13)3/h12,15H,4-9H2,1-3H3,(H,16,17). The van der Waals surface area contributed by atoms with Crippen molar-refractivity contribution in [3.05, 3.63) is 17.0 Å². The molecule has 1 amide bonds. The molecule has 5 heteroatoms. The predicted octanol–water partition coefficient (Wildman–Crippen LogP) is 1.49. The molecule has 1 fully saturated rings. The Balaban J connectivity index is 2.06. The third-order valence-corrected chi connectivity index (χ3v) is 3.95. The van der Waals surface area contributed by atoms with Crippen molar-refractivity contribution in [2.75, 3.05) is 26.2 Å². The van der Waals surface area contributed by atoms with E-state index >= 15 is 0 Å². The summed E-state index contributed by atoms with van der Waals surface area (Å²) in [5.41, 5.74) is 2.41. The first-order valence-electron chi connectivity index (χ1n) is 7.15. The van der Waals surface area contributed by atoms with Crippen LogP contribution in [-0.4, -0.2) is 47.2 Å². The van der Waals surface area contributed by atoms with Gasteiger partial charge in [-0.3, -0.25) is 9.89 Å². The van der Waals surface area contributed by atoms with Crippen molar-refractivity contribution in [3.8, 4) is 0 Å². The van der Waals surface area contributed by atoms with Gasteiger partial charge >= 0.3 is 0 Å². The van der Waals surface area contributed by atoms with Crippen molar-refractivity contribution in [1.82, 2.24) is 20.4 Å². The van der Waals surface area contributed by atoms with Crippen LogP contribution in [0.2, 0.25) is 0 Å². The van der Waals surface area contributed by atoms with Gasteiger partial charge in [0.1, 0.15) is 0 Å². The van der Waals surface area contributed by atoms with Gasteiger partial charge in [0.25, 0.3) is 5.91 Å². The first-order valence-corrected chi connectivity index (χ1v) is 7.15. The van der Waals surface area contributed by atoms with Crippen LogP contribution >= 0.6 is 0 Å². The van der Waals surface area contributed by atoms with Gasteiger partial charge in [-0.25, -0.2) is 0 Å². The zero-order chi connectivity index (χ0) is 13.8. The van der Waals surface area contributed by atoms with E-state index in [9.17, 15) is 4.79 Å². The predicted molar refractivity (Wildman–Crippen MR) is 75.2 cm³/mol. The van der Waals surface area contributed by atoms with Gasteiger partial charge in [0.05, 0.1) is 11.3 Å². The van der Waals surface area contributed by atoms with E-state index in [1.54, 1.807) is 0 Å². The highest BCUT2D eigenvalue weighted by Crippen LogP contribution is 2.17. The third kappa shape index (κ3) is 3.15. The van der Waals surface area contributed by atoms with E-state index < -0.39 is 0 Å². The summed E-state index contributed by atoms with van der Waals surface area (Å²) < 4.78 is 0. The second-order valence-corrected chi connectivity index (χ2v) is 5.35. The minimum Gasteiger partial charge on any atom is -0.339 e. The molecule has 0 atom stereocenters. The molecule has 0 aliphatic carbocycles. The minimum atomic E-state index is 0.116. The van der Waals surface area contributed by atoms with E-state index in [1.807, 2.05) is 25.7 Å². The molecule has 2 heterocycles. The van der Waals surface area contributed by atoms with Gasteiger partial charge < -0.3 is 10.2 Å². The summed E-state index contributed by atoms with van der Waals surface area (Å²) in [4.78, 5) is 14.6. The number of rotatable bonds is 4. The van der Waals surface area contributed by atoms with E-state index in [4.69, 9.17) is 0 Å².